The predicted molar refractivity (Wildman–Crippen MR) is 101 cm³/mol. The second-order valence-corrected chi connectivity index (χ2v) is 7.05. The van der Waals surface area contributed by atoms with E-state index in [-0.39, 0.29) is 28.1 Å². The van der Waals surface area contributed by atoms with Crippen LogP contribution >= 0.6 is 0 Å². The van der Waals surface area contributed by atoms with Crippen LogP contribution in [-0.4, -0.2) is 29.1 Å². The fourth-order valence-corrected chi connectivity index (χ4v) is 2.96. The zero-order valence-corrected chi connectivity index (χ0v) is 15.2. The number of halogens is 1. The number of benzene rings is 2. The molecule has 2 aromatic rings. The minimum atomic E-state index is -0.624. The number of amides is 1. The largest absolute Gasteiger partial charge is 0.507 e. The molecule has 1 heterocycles. The molecule has 0 radical (unpaired) electrons. The summed E-state index contributed by atoms with van der Waals surface area (Å²) in [5, 5.41) is 16.1. The Hall–Kier alpha value is -3.40. The second-order valence-electron chi connectivity index (χ2n) is 7.05. The molecular formula is C20H19FN4O2. The highest BCUT2D eigenvalue weighted by molar-refractivity contribution is 6.13. The van der Waals surface area contributed by atoms with Crippen molar-refractivity contribution in [2.75, 3.05) is 6.54 Å². The third-order valence-electron chi connectivity index (χ3n) is 4.30. The van der Waals surface area contributed by atoms with Gasteiger partial charge < -0.3 is 10.4 Å². The molecule has 1 aliphatic heterocycles. The first-order valence-electron chi connectivity index (χ1n) is 8.36. The number of nitrogens with one attached hydrogen (secondary N) is 2. The molecule has 0 unspecified atom stereocenters. The Morgan fingerprint density at radius 3 is 2.74 bits per heavy atom. The van der Waals surface area contributed by atoms with E-state index in [1.54, 1.807) is 13.0 Å². The summed E-state index contributed by atoms with van der Waals surface area (Å²) in [5.41, 5.74) is 1.02. The number of guanidine groups is 1. The van der Waals surface area contributed by atoms with Crippen molar-refractivity contribution in [3.8, 4) is 16.9 Å². The first kappa shape index (κ1) is 18.4. The van der Waals surface area contributed by atoms with Gasteiger partial charge in [-0.15, -0.1) is 0 Å². The second kappa shape index (κ2) is 6.72. The van der Waals surface area contributed by atoms with Crippen LogP contribution in [0.15, 0.2) is 35.3 Å². The number of rotatable bonds is 2. The van der Waals surface area contributed by atoms with Gasteiger partial charge in [0.05, 0.1) is 24.2 Å². The molecule has 0 saturated heterocycles. The van der Waals surface area contributed by atoms with Gasteiger partial charge in [0.1, 0.15) is 11.6 Å². The van der Waals surface area contributed by atoms with Crippen LogP contribution in [0.2, 0.25) is 0 Å². The van der Waals surface area contributed by atoms with E-state index in [2.05, 4.69) is 20.5 Å². The maximum Gasteiger partial charge on any atom is 0.261 e. The topological polar surface area (TPSA) is 78.1 Å². The van der Waals surface area contributed by atoms with Crippen LogP contribution < -0.4 is 10.6 Å². The molecule has 7 heteroatoms. The Morgan fingerprint density at radius 1 is 1.37 bits per heavy atom. The molecule has 6 nitrogen and oxygen atoms in total. The first-order chi connectivity index (χ1) is 12.7. The number of hydrogen-bond donors (Lipinski definition) is 3. The lowest BCUT2D eigenvalue weighted by Gasteiger charge is -2.19. The average molecular weight is 366 g/mol. The molecule has 3 N–H and O–H groups in total. The van der Waals surface area contributed by atoms with Gasteiger partial charge in [-0.3, -0.25) is 15.1 Å². The fourth-order valence-electron chi connectivity index (χ4n) is 2.96. The number of phenolic OH excluding ortho intramolecular Hbond substituents is 1. The Kier molecular flexibility index (Phi) is 4.58. The molecule has 2 aromatic carbocycles. The number of hydrogen-bond acceptors (Lipinski definition) is 4. The minimum Gasteiger partial charge on any atom is -0.507 e. The Bertz CT molecular complexity index is 1010. The van der Waals surface area contributed by atoms with Crippen LogP contribution in [-0.2, 0) is 0 Å². The molecule has 0 spiro atoms. The van der Waals surface area contributed by atoms with Crippen LogP contribution in [0.4, 0.5) is 10.1 Å². The van der Waals surface area contributed by atoms with Crippen LogP contribution in [0.3, 0.4) is 0 Å². The van der Waals surface area contributed by atoms with Gasteiger partial charge in [-0.2, -0.15) is 0 Å². The summed E-state index contributed by atoms with van der Waals surface area (Å²) in [6.07, 6.45) is 0. The SMILES string of the molecule is [C-]#[N+]c1ccc(O)c(C(=O)NC2=NCC(C)(C)N2)c1-c1cc(F)ccc1C. The highest BCUT2D eigenvalue weighted by Crippen LogP contribution is 2.40. The van der Waals surface area contributed by atoms with Crippen LogP contribution in [0.5, 0.6) is 5.75 Å². The number of nitrogens with zero attached hydrogens (tertiary/aromatic N) is 2. The number of aryl methyl sites for hydroxylation is 1. The molecule has 3 rings (SSSR count). The van der Waals surface area contributed by atoms with Crippen molar-refractivity contribution in [2.24, 2.45) is 4.99 Å². The van der Waals surface area contributed by atoms with Gasteiger partial charge in [-0.05, 0) is 50.1 Å². The van der Waals surface area contributed by atoms with Gasteiger partial charge in [-0.25, -0.2) is 9.24 Å². The third kappa shape index (κ3) is 3.60. The monoisotopic (exact) mass is 366 g/mol. The molecule has 0 saturated carbocycles. The Labute approximate surface area is 156 Å². The smallest absolute Gasteiger partial charge is 0.261 e. The molecule has 27 heavy (non-hydrogen) atoms. The van der Waals surface area contributed by atoms with Gasteiger partial charge in [0.15, 0.2) is 11.6 Å². The summed E-state index contributed by atoms with van der Waals surface area (Å²) < 4.78 is 13.8. The lowest BCUT2D eigenvalue weighted by molar-refractivity contribution is 0.0974. The van der Waals surface area contributed by atoms with Crippen molar-refractivity contribution >= 4 is 17.6 Å². The average Bonchev–Trinajstić information content (AvgIpc) is 2.95. The summed E-state index contributed by atoms with van der Waals surface area (Å²) in [6.45, 7) is 13.5. The zero-order valence-electron chi connectivity index (χ0n) is 15.2. The molecule has 0 aliphatic carbocycles. The predicted octanol–water partition coefficient (Wildman–Crippen LogP) is 3.53. The van der Waals surface area contributed by atoms with Gasteiger partial charge in [0.2, 0.25) is 0 Å². The van der Waals surface area contributed by atoms with E-state index in [4.69, 9.17) is 6.57 Å². The highest BCUT2D eigenvalue weighted by Gasteiger charge is 2.28. The maximum atomic E-state index is 13.8. The van der Waals surface area contributed by atoms with Gasteiger partial charge >= 0.3 is 0 Å². The lowest BCUT2D eigenvalue weighted by atomic mass is 9.93. The number of phenols is 1. The Balaban J connectivity index is 2.12. The number of carbonyl (C=O) groups is 1. The highest BCUT2D eigenvalue weighted by atomic mass is 19.1. The van der Waals surface area contributed by atoms with E-state index in [1.165, 1.54) is 24.3 Å². The summed E-state index contributed by atoms with van der Waals surface area (Å²) >= 11 is 0. The number of aliphatic imine (C=N–C) groups is 1. The van der Waals surface area contributed by atoms with E-state index in [0.29, 0.717) is 23.6 Å². The quantitative estimate of drug-likeness (QED) is 0.712. The maximum absolute atomic E-state index is 13.8. The summed E-state index contributed by atoms with van der Waals surface area (Å²) in [7, 11) is 0. The van der Waals surface area contributed by atoms with Gasteiger partial charge in [0, 0.05) is 5.56 Å². The lowest BCUT2D eigenvalue weighted by Crippen LogP contribution is -2.46. The number of carbonyl (C=O) groups excluding carboxylic acids is 1. The van der Waals surface area contributed by atoms with Crippen molar-refractivity contribution in [3.63, 3.8) is 0 Å². The third-order valence-corrected chi connectivity index (χ3v) is 4.30. The van der Waals surface area contributed by atoms with Crippen molar-refractivity contribution < 1.29 is 14.3 Å². The zero-order chi connectivity index (χ0) is 19.8. The molecule has 0 bridgehead atoms. The molecule has 0 aromatic heterocycles. The van der Waals surface area contributed by atoms with E-state index in [9.17, 15) is 14.3 Å². The Morgan fingerprint density at radius 2 is 2.11 bits per heavy atom. The van der Waals surface area contributed by atoms with Crippen LogP contribution in [0.25, 0.3) is 16.0 Å². The van der Waals surface area contributed by atoms with Gasteiger partial charge in [0.25, 0.3) is 5.91 Å². The molecule has 0 atom stereocenters. The van der Waals surface area contributed by atoms with Crippen molar-refractivity contribution in [2.45, 2.75) is 26.3 Å². The van der Waals surface area contributed by atoms with E-state index >= 15 is 0 Å². The molecule has 1 amide bonds. The molecule has 138 valence electrons. The summed E-state index contributed by atoms with van der Waals surface area (Å²) in [4.78, 5) is 20.6. The van der Waals surface area contributed by atoms with Crippen LogP contribution in [0, 0.1) is 19.3 Å². The number of aromatic hydroxyl groups is 1. The summed E-state index contributed by atoms with van der Waals surface area (Å²) in [6, 6.07) is 6.82. The molecule has 1 aliphatic rings. The molecular weight excluding hydrogens is 347 g/mol. The van der Waals surface area contributed by atoms with Crippen molar-refractivity contribution in [1.82, 2.24) is 10.6 Å². The first-order valence-corrected chi connectivity index (χ1v) is 8.36. The van der Waals surface area contributed by atoms with Crippen LogP contribution in [0.1, 0.15) is 29.8 Å². The van der Waals surface area contributed by atoms with E-state index in [1.807, 2.05) is 13.8 Å². The van der Waals surface area contributed by atoms with E-state index in [0.717, 1.165) is 0 Å². The standard InChI is InChI=1S/C20H19FN4O2/c1-11-5-6-12(21)9-13(11)16-14(22-4)7-8-15(26)17(16)18(27)24-19-23-10-20(2,3)25-19/h5-9,26H,10H2,1-3H3,(H2,23,24,25,27). The summed E-state index contributed by atoms with van der Waals surface area (Å²) in [5.74, 6) is -1.12. The van der Waals surface area contributed by atoms with Crippen molar-refractivity contribution in [3.05, 3.63) is 58.7 Å². The fraction of sp³-hybridized carbons (Fsp3) is 0.250. The molecule has 0 fully saturated rings. The normalized spacial score (nSPS) is 14.9. The minimum absolute atomic E-state index is 0.0913. The van der Waals surface area contributed by atoms with Gasteiger partial charge in [-0.1, -0.05) is 12.1 Å². The van der Waals surface area contributed by atoms with E-state index < -0.39 is 11.7 Å². The van der Waals surface area contributed by atoms with Crippen molar-refractivity contribution in [1.29, 1.82) is 0 Å².